The van der Waals surface area contributed by atoms with E-state index in [0.717, 1.165) is 37.9 Å². The Labute approximate surface area is 172 Å². The zero-order valence-electron chi connectivity index (χ0n) is 17.1. The van der Waals surface area contributed by atoms with Gasteiger partial charge in [-0.05, 0) is 87.6 Å². The van der Waals surface area contributed by atoms with Crippen LogP contribution in [-0.4, -0.2) is 24.1 Å². The topological polar surface area (TPSA) is 64.6 Å². The quantitative estimate of drug-likeness (QED) is 0.619. The van der Waals surface area contributed by atoms with Gasteiger partial charge in [0.2, 0.25) is 0 Å². The van der Waals surface area contributed by atoms with Crippen LogP contribution in [0.5, 0.6) is 5.75 Å². The monoisotopic (exact) mass is 395 g/mol. The van der Waals surface area contributed by atoms with Crippen molar-refractivity contribution in [1.29, 1.82) is 0 Å². The number of hydrogen-bond donors (Lipinski definition) is 1. The van der Waals surface area contributed by atoms with Crippen molar-refractivity contribution in [2.45, 2.75) is 64.6 Å². The van der Waals surface area contributed by atoms with Crippen LogP contribution in [0.25, 0.3) is 0 Å². The molecule has 5 nitrogen and oxygen atoms in total. The van der Waals surface area contributed by atoms with Gasteiger partial charge >= 0.3 is 5.97 Å². The predicted octanol–water partition coefficient (Wildman–Crippen LogP) is 5.61. The molecule has 1 atom stereocenters. The van der Waals surface area contributed by atoms with Crippen molar-refractivity contribution in [3.63, 3.8) is 0 Å². The highest BCUT2D eigenvalue weighted by atomic mass is 16.5. The normalized spacial score (nSPS) is 15.4. The number of hydrogen-bond acceptors (Lipinski definition) is 4. The number of ether oxygens (including phenoxy) is 2. The van der Waals surface area contributed by atoms with Gasteiger partial charge in [-0.25, -0.2) is 4.79 Å². The lowest BCUT2D eigenvalue weighted by Crippen LogP contribution is -2.21. The average molecular weight is 395 g/mol. The zero-order chi connectivity index (χ0) is 20.6. The summed E-state index contributed by atoms with van der Waals surface area (Å²) in [5.41, 5.74) is 1.67. The maximum atomic E-state index is 12.4. The van der Waals surface area contributed by atoms with E-state index < -0.39 is 0 Å². The van der Waals surface area contributed by atoms with Gasteiger partial charge in [0.1, 0.15) is 11.9 Å². The first-order valence-corrected chi connectivity index (χ1v) is 10.4. The lowest BCUT2D eigenvalue weighted by molar-refractivity contribution is 0.0211. The van der Waals surface area contributed by atoms with E-state index in [1.807, 2.05) is 6.92 Å². The molecule has 0 unspecified atom stereocenters. The number of nitrogens with one attached hydrogen (secondary N) is 1. The van der Waals surface area contributed by atoms with Gasteiger partial charge in [0.15, 0.2) is 0 Å². The molecule has 1 amide bonds. The average Bonchev–Trinajstić information content (AvgIpc) is 2.75. The molecule has 0 heterocycles. The Hall–Kier alpha value is -2.82. The minimum Gasteiger partial charge on any atom is -0.491 e. The van der Waals surface area contributed by atoms with Gasteiger partial charge in [0, 0.05) is 11.3 Å². The molecule has 0 aliphatic heterocycles. The van der Waals surface area contributed by atoms with Gasteiger partial charge in [-0.1, -0.05) is 13.3 Å². The maximum absolute atomic E-state index is 12.4. The summed E-state index contributed by atoms with van der Waals surface area (Å²) < 4.78 is 11.3. The van der Waals surface area contributed by atoms with Crippen LogP contribution in [-0.2, 0) is 4.74 Å². The van der Waals surface area contributed by atoms with E-state index in [9.17, 15) is 9.59 Å². The smallest absolute Gasteiger partial charge is 0.338 e. The molecule has 2 aromatic carbocycles. The molecule has 0 saturated heterocycles. The van der Waals surface area contributed by atoms with Crippen molar-refractivity contribution >= 4 is 17.6 Å². The first-order chi connectivity index (χ1) is 14.0. The van der Waals surface area contributed by atoms with Crippen molar-refractivity contribution in [1.82, 2.24) is 0 Å². The van der Waals surface area contributed by atoms with Crippen LogP contribution in [0.3, 0.4) is 0 Å². The molecule has 0 spiro atoms. The Kier molecular flexibility index (Phi) is 7.28. The number of esters is 1. The van der Waals surface area contributed by atoms with Crippen molar-refractivity contribution in [2.75, 3.05) is 5.32 Å². The lowest BCUT2D eigenvalue weighted by atomic mass is 9.98. The minimum atomic E-state index is -0.299. The van der Waals surface area contributed by atoms with Gasteiger partial charge in [-0.3, -0.25) is 4.79 Å². The minimum absolute atomic E-state index is 0.0305. The van der Waals surface area contributed by atoms with E-state index in [-0.39, 0.29) is 24.1 Å². The van der Waals surface area contributed by atoms with Crippen LogP contribution in [0.2, 0.25) is 0 Å². The zero-order valence-corrected chi connectivity index (χ0v) is 17.1. The van der Waals surface area contributed by atoms with Crippen molar-refractivity contribution in [2.24, 2.45) is 0 Å². The molecule has 154 valence electrons. The Balaban J connectivity index is 1.54. The molecule has 1 aliphatic carbocycles. The second-order valence-corrected chi connectivity index (χ2v) is 7.56. The summed E-state index contributed by atoms with van der Waals surface area (Å²) in [6, 6.07) is 13.9. The summed E-state index contributed by atoms with van der Waals surface area (Å²) in [6.07, 6.45) is 6.44. The molecule has 0 aromatic heterocycles. The fraction of sp³-hybridized carbons (Fsp3) is 0.417. The van der Waals surface area contributed by atoms with E-state index in [1.54, 1.807) is 48.5 Å². The largest absolute Gasteiger partial charge is 0.491 e. The van der Waals surface area contributed by atoms with Crippen LogP contribution in [0.4, 0.5) is 5.69 Å². The number of anilines is 1. The Morgan fingerprint density at radius 2 is 1.59 bits per heavy atom. The summed E-state index contributed by atoms with van der Waals surface area (Å²) in [6.45, 7) is 4.07. The summed E-state index contributed by atoms with van der Waals surface area (Å²) in [5, 5.41) is 2.85. The summed E-state index contributed by atoms with van der Waals surface area (Å²) in [5.74, 6) is 0.237. The first-order valence-electron chi connectivity index (χ1n) is 10.4. The van der Waals surface area contributed by atoms with Gasteiger partial charge in [-0.15, -0.1) is 0 Å². The van der Waals surface area contributed by atoms with Gasteiger partial charge in [0.25, 0.3) is 5.91 Å². The van der Waals surface area contributed by atoms with E-state index in [0.29, 0.717) is 16.8 Å². The molecule has 0 bridgehead atoms. The first kappa shape index (κ1) is 20.9. The fourth-order valence-corrected chi connectivity index (χ4v) is 3.30. The number of benzene rings is 2. The molecular formula is C24H29NO4. The van der Waals surface area contributed by atoms with Crippen LogP contribution in [0.1, 0.15) is 73.1 Å². The van der Waals surface area contributed by atoms with Crippen molar-refractivity contribution in [3.8, 4) is 5.75 Å². The van der Waals surface area contributed by atoms with E-state index in [1.165, 1.54) is 6.42 Å². The SMILES string of the molecule is CC[C@H](C)Oc1ccc(C(=O)Nc2ccc(C(=O)OC3CCCCC3)cc2)cc1. The van der Waals surface area contributed by atoms with Gasteiger partial charge < -0.3 is 14.8 Å². The Morgan fingerprint density at radius 3 is 2.21 bits per heavy atom. The number of amides is 1. The van der Waals surface area contributed by atoms with Gasteiger partial charge in [0.05, 0.1) is 11.7 Å². The fourth-order valence-electron chi connectivity index (χ4n) is 3.30. The highest BCUT2D eigenvalue weighted by molar-refractivity contribution is 6.04. The molecule has 1 fully saturated rings. The number of rotatable bonds is 7. The van der Waals surface area contributed by atoms with Crippen LogP contribution in [0, 0.1) is 0 Å². The molecule has 1 N–H and O–H groups in total. The Bertz CT molecular complexity index is 808. The molecule has 1 aliphatic rings. The predicted molar refractivity (Wildman–Crippen MR) is 114 cm³/mol. The summed E-state index contributed by atoms with van der Waals surface area (Å²) in [4.78, 5) is 24.7. The van der Waals surface area contributed by atoms with E-state index in [4.69, 9.17) is 9.47 Å². The third-order valence-electron chi connectivity index (χ3n) is 5.23. The number of carbonyl (C=O) groups is 2. The van der Waals surface area contributed by atoms with Gasteiger partial charge in [-0.2, -0.15) is 0 Å². The third-order valence-corrected chi connectivity index (χ3v) is 5.23. The molecule has 3 rings (SSSR count). The molecule has 0 radical (unpaired) electrons. The number of carbonyl (C=O) groups excluding carboxylic acids is 2. The molecular weight excluding hydrogens is 366 g/mol. The van der Waals surface area contributed by atoms with Crippen molar-refractivity contribution < 1.29 is 19.1 Å². The second-order valence-electron chi connectivity index (χ2n) is 7.56. The highest BCUT2D eigenvalue weighted by Crippen LogP contribution is 2.22. The third kappa shape index (κ3) is 6.08. The highest BCUT2D eigenvalue weighted by Gasteiger charge is 2.18. The molecule has 1 saturated carbocycles. The second kappa shape index (κ2) is 10.1. The summed E-state index contributed by atoms with van der Waals surface area (Å²) in [7, 11) is 0. The summed E-state index contributed by atoms with van der Waals surface area (Å²) >= 11 is 0. The van der Waals surface area contributed by atoms with Crippen LogP contribution < -0.4 is 10.1 Å². The van der Waals surface area contributed by atoms with Crippen molar-refractivity contribution in [3.05, 3.63) is 59.7 Å². The molecule has 2 aromatic rings. The van der Waals surface area contributed by atoms with Crippen LogP contribution >= 0.6 is 0 Å². The lowest BCUT2D eigenvalue weighted by Gasteiger charge is -2.21. The van der Waals surface area contributed by atoms with E-state index in [2.05, 4.69) is 12.2 Å². The molecule has 5 heteroatoms. The Morgan fingerprint density at radius 1 is 0.966 bits per heavy atom. The standard InChI is InChI=1S/C24H29NO4/c1-3-17(2)28-22-15-11-18(12-16-22)23(26)25-20-13-9-19(10-14-20)24(27)29-21-7-5-4-6-8-21/h9-17,21H,3-8H2,1-2H3,(H,25,26)/t17-/m0/s1. The van der Waals surface area contributed by atoms with E-state index >= 15 is 0 Å². The van der Waals surface area contributed by atoms with Crippen LogP contribution in [0.15, 0.2) is 48.5 Å². The molecule has 29 heavy (non-hydrogen) atoms. The maximum Gasteiger partial charge on any atom is 0.338 e.